The summed E-state index contributed by atoms with van der Waals surface area (Å²) in [6.07, 6.45) is 1.84. The predicted molar refractivity (Wildman–Crippen MR) is 70.3 cm³/mol. The lowest BCUT2D eigenvalue weighted by atomic mass is 9.88. The molecule has 1 aromatic rings. The molecule has 0 atom stereocenters. The van der Waals surface area contributed by atoms with Crippen LogP contribution >= 0.6 is 11.6 Å². The summed E-state index contributed by atoms with van der Waals surface area (Å²) in [7, 11) is 0. The van der Waals surface area contributed by atoms with Gasteiger partial charge < -0.3 is 14.6 Å². The van der Waals surface area contributed by atoms with Gasteiger partial charge in [-0.2, -0.15) is 0 Å². The maximum absolute atomic E-state index is 11.0. The van der Waals surface area contributed by atoms with E-state index in [1.807, 2.05) is 13.0 Å². The van der Waals surface area contributed by atoms with Crippen molar-refractivity contribution in [3.05, 3.63) is 22.2 Å². The topological polar surface area (TPSA) is 55.8 Å². The van der Waals surface area contributed by atoms with Gasteiger partial charge in [-0.1, -0.05) is 11.6 Å². The summed E-state index contributed by atoms with van der Waals surface area (Å²) >= 11 is 6.44. The number of carbonyl (C=O) groups is 1. The minimum absolute atomic E-state index is 0.118. The van der Waals surface area contributed by atoms with Gasteiger partial charge in [0.1, 0.15) is 13.2 Å². The maximum Gasteiger partial charge on any atom is 0.304 e. The van der Waals surface area contributed by atoms with Crippen molar-refractivity contribution in [3.8, 4) is 11.5 Å². The van der Waals surface area contributed by atoms with Crippen molar-refractivity contribution in [3.63, 3.8) is 0 Å². The highest BCUT2D eigenvalue weighted by atomic mass is 35.5. The van der Waals surface area contributed by atoms with Gasteiger partial charge in [-0.3, -0.25) is 4.79 Å². The van der Waals surface area contributed by atoms with Gasteiger partial charge in [0.05, 0.1) is 11.4 Å². The van der Waals surface area contributed by atoms with Gasteiger partial charge in [-0.05, 0) is 37.0 Å². The Morgan fingerprint density at radius 1 is 1.42 bits per heavy atom. The zero-order chi connectivity index (χ0) is 13.6. The number of rotatable bonds is 3. The Bertz CT molecular complexity index is 549. The summed E-state index contributed by atoms with van der Waals surface area (Å²) < 4.78 is 11.1. The van der Waals surface area contributed by atoms with E-state index in [9.17, 15) is 4.79 Å². The molecule has 1 aliphatic heterocycles. The van der Waals surface area contributed by atoms with Crippen LogP contribution in [0.5, 0.6) is 11.5 Å². The molecule has 2 aliphatic rings. The molecule has 3 rings (SSSR count). The molecule has 0 saturated heterocycles. The van der Waals surface area contributed by atoms with E-state index in [1.54, 1.807) is 0 Å². The first-order chi connectivity index (χ1) is 9.03. The standard InChI is InChI=1S/C14H15ClO4/c1-8-6-9-13(19-5-4-18-9)12(15)11(8)14(2-3-14)7-10(16)17/h6H,2-5,7H2,1H3,(H,16,17). The summed E-state index contributed by atoms with van der Waals surface area (Å²) in [5, 5.41) is 9.59. The van der Waals surface area contributed by atoms with Crippen molar-refractivity contribution >= 4 is 17.6 Å². The van der Waals surface area contributed by atoms with Crippen LogP contribution < -0.4 is 9.47 Å². The van der Waals surface area contributed by atoms with Gasteiger partial charge in [0.2, 0.25) is 0 Å². The number of aliphatic carboxylic acids is 1. The quantitative estimate of drug-likeness (QED) is 0.926. The number of benzene rings is 1. The van der Waals surface area contributed by atoms with Gasteiger partial charge in [-0.15, -0.1) is 0 Å². The number of hydrogen-bond donors (Lipinski definition) is 1. The second kappa shape index (κ2) is 4.30. The Hall–Kier alpha value is -1.42. The highest BCUT2D eigenvalue weighted by Gasteiger charge is 2.49. The van der Waals surface area contributed by atoms with Crippen LogP contribution in [0.15, 0.2) is 6.07 Å². The number of hydrogen-bond acceptors (Lipinski definition) is 3. The summed E-state index contributed by atoms with van der Waals surface area (Å²) in [4.78, 5) is 11.0. The number of carboxylic acid groups (broad SMARTS) is 1. The molecule has 0 spiro atoms. The zero-order valence-corrected chi connectivity index (χ0v) is 11.4. The molecule has 4 nitrogen and oxygen atoms in total. The third kappa shape index (κ3) is 2.04. The lowest BCUT2D eigenvalue weighted by Crippen LogP contribution is -2.19. The summed E-state index contributed by atoms with van der Waals surface area (Å²) in [5.74, 6) is 0.427. The first-order valence-corrected chi connectivity index (χ1v) is 6.72. The van der Waals surface area contributed by atoms with E-state index in [1.165, 1.54) is 0 Å². The number of ether oxygens (including phenoxy) is 2. The Labute approximate surface area is 116 Å². The normalized spacial score (nSPS) is 19.1. The zero-order valence-electron chi connectivity index (χ0n) is 10.7. The van der Waals surface area contributed by atoms with Gasteiger partial charge in [0.15, 0.2) is 11.5 Å². The molecule has 0 aromatic heterocycles. The van der Waals surface area contributed by atoms with E-state index in [2.05, 4.69) is 0 Å². The molecule has 1 aliphatic carbocycles. The Kier molecular flexibility index (Phi) is 2.86. The van der Waals surface area contributed by atoms with Crippen molar-refractivity contribution in [1.82, 2.24) is 0 Å². The van der Waals surface area contributed by atoms with Crippen LogP contribution in [0.4, 0.5) is 0 Å². The van der Waals surface area contributed by atoms with Gasteiger partial charge in [0, 0.05) is 5.41 Å². The van der Waals surface area contributed by atoms with Gasteiger partial charge >= 0.3 is 5.97 Å². The van der Waals surface area contributed by atoms with Crippen LogP contribution in [0.1, 0.15) is 30.4 Å². The van der Waals surface area contributed by atoms with Crippen molar-refractivity contribution < 1.29 is 19.4 Å². The van der Waals surface area contributed by atoms with Crippen LogP contribution in [0.25, 0.3) is 0 Å². The molecule has 1 aromatic carbocycles. The first-order valence-electron chi connectivity index (χ1n) is 6.34. The molecular weight excluding hydrogens is 268 g/mol. The van der Waals surface area contributed by atoms with Gasteiger partial charge in [-0.25, -0.2) is 0 Å². The monoisotopic (exact) mass is 282 g/mol. The molecule has 0 amide bonds. The molecule has 0 radical (unpaired) electrons. The average molecular weight is 283 g/mol. The van der Waals surface area contributed by atoms with Gasteiger partial charge in [0.25, 0.3) is 0 Å². The third-order valence-electron chi connectivity index (χ3n) is 3.85. The fourth-order valence-corrected chi connectivity index (χ4v) is 3.37. The minimum atomic E-state index is -0.789. The molecule has 1 N–H and O–H groups in total. The van der Waals surface area contributed by atoms with E-state index >= 15 is 0 Å². The second-order valence-corrected chi connectivity index (χ2v) is 5.64. The SMILES string of the molecule is Cc1cc2c(c(Cl)c1C1(CC(=O)O)CC1)OCCO2. The number of halogens is 1. The van der Waals surface area contributed by atoms with E-state index in [-0.39, 0.29) is 11.8 Å². The maximum atomic E-state index is 11.0. The van der Waals surface area contributed by atoms with Crippen molar-refractivity contribution in [2.75, 3.05) is 13.2 Å². The summed E-state index contributed by atoms with van der Waals surface area (Å²) in [6, 6.07) is 1.90. The van der Waals surface area contributed by atoms with Crippen molar-refractivity contribution in [2.24, 2.45) is 0 Å². The summed E-state index contributed by atoms with van der Waals surface area (Å²) in [5.41, 5.74) is 1.58. The minimum Gasteiger partial charge on any atom is -0.486 e. The molecule has 0 unspecified atom stereocenters. The largest absolute Gasteiger partial charge is 0.486 e. The predicted octanol–water partition coefficient (Wildman–Crippen LogP) is 2.93. The molecule has 1 heterocycles. The van der Waals surface area contributed by atoms with E-state index < -0.39 is 5.97 Å². The molecule has 1 saturated carbocycles. The Morgan fingerprint density at radius 2 is 2.11 bits per heavy atom. The number of aryl methyl sites for hydroxylation is 1. The van der Waals surface area contributed by atoms with Crippen LogP contribution in [-0.4, -0.2) is 24.3 Å². The fourth-order valence-electron chi connectivity index (χ4n) is 2.87. The Balaban J connectivity index is 2.09. The smallest absolute Gasteiger partial charge is 0.304 e. The highest BCUT2D eigenvalue weighted by Crippen LogP contribution is 2.57. The molecule has 5 heteroatoms. The van der Waals surface area contributed by atoms with Crippen molar-refractivity contribution in [2.45, 2.75) is 31.6 Å². The van der Waals surface area contributed by atoms with Crippen molar-refractivity contribution in [1.29, 1.82) is 0 Å². The van der Waals surface area contributed by atoms with Crippen LogP contribution in [0, 0.1) is 6.92 Å². The lowest BCUT2D eigenvalue weighted by Gasteiger charge is -2.25. The molecule has 19 heavy (non-hydrogen) atoms. The third-order valence-corrected chi connectivity index (χ3v) is 4.21. The molecule has 102 valence electrons. The molecule has 0 bridgehead atoms. The second-order valence-electron chi connectivity index (χ2n) is 5.26. The first kappa shape index (κ1) is 12.6. The average Bonchev–Trinajstić information content (AvgIpc) is 3.08. The highest BCUT2D eigenvalue weighted by molar-refractivity contribution is 6.33. The summed E-state index contributed by atoms with van der Waals surface area (Å²) in [6.45, 7) is 2.94. The number of fused-ring (bicyclic) bond motifs is 1. The Morgan fingerprint density at radius 3 is 2.74 bits per heavy atom. The van der Waals surface area contributed by atoms with Crippen LogP contribution in [-0.2, 0) is 10.2 Å². The van der Waals surface area contributed by atoms with Crippen LogP contribution in [0.3, 0.4) is 0 Å². The lowest BCUT2D eigenvalue weighted by molar-refractivity contribution is -0.137. The van der Waals surface area contributed by atoms with Crippen LogP contribution in [0.2, 0.25) is 5.02 Å². The number of carboxylic acids is 1. The fraction of sp³-hybridized carbons (Fsp3) is 0.500. The molecular formula is C14H15ClO4. The van der Waals surface area contributed by atoms with E-state index in [0.29, 0.717) is 29.7 Å². The molecule has 1 fully saturated rings. The van der Waals surface area contributed by atoms with E-state index in [4.69, 9.17) is 26.2 Å². The van der Waals surface area contributed by atoms with E-state index in [0.717, 1.165) is 24.0 Å².